The first-order chi connectivity index (χ1) is 18.4. The Labute approximate surface area is 220 Å². The summed E-state index contributed by atoms with van der Waals surface area (Å²) in [5.41, 5.74) is 2.45. The van der Waals surface area contributed by atoms with Gasteiger partial charge < -0.3 is 10.2 Å². The zero-order valence-electron chi connectivity index (χ0n) is 20.8. The average Bonchev–Trinajstić information content (AvgIpc) is 3.32. The number of rotatable bonds is 7. The van der Waals surface area contributed by atoms with Crippen LogP contribution in [-0.4, -0.2) is 63.8 Å². The molecule has 3 aliphatic rings. The van der Waals surface area contributed by atoms with Crippen molar-refractivity contribution in [3.63, 3.8) is 0 Å². The highest BCUT2D eigenvalue weighted by molar-refractivity contribution is 7.89. The SMILES string of the molecule is CC(=O)c1ccc(S(=O)(=O)N2CC3CC2CN3c2nc(Nc3cc(C4CC4)[nH]n3)c3ccccc3n2)cc1. The van der Waals surface area contributed by atoms with Crippen LogP contribution >= 0.6 is 0 Å². The molecule has 2 aromatic carbocycles. The number of fused-ring (bicyclic) bond motifs is 3. The summed E-state index contributed by atoms with van der Waals surface area (Å²) in [4.78, 5) is 23.6. The maximum atomic E-state index is 13.4. The van der Waals surface area contributed by atoms with E-state index in [4.69, 9.17) is 9.97 Å². The molecule has 0 amide bonds. The second-order valence-electron chi connectivity index (χ2n) is 10.3. The van der Waals surface area contributed by atoms with Gasteiger partial charge in [-0.15, -0.1) is 0 Å². The Balaban J connectivity index is 1.15. The lowest BCUT2D eigenvalue weighted by Gasteiger charge is -2.33. The van der Waals surface area contributed by atoms with E-state index in [2.05, 4.69) is 20.4 Å². The standard InChI is InChI=1S/C27H27N7O3S/c1-16(35)17-8-10-21(11-9-17)38(36,37)34-15-19-12-20(34)14-33(19)27-28-23-5-3-2-4-22(23)26(30-27)29-25-13-24(31-32-25)18-6-7-18/h2-5,8-11,13,18-20H,6-7,12,14-15H2,1H3,(H2,28,29,30,31,32). The first-order valence-electron chi connectivity index (χ1n) is 12.9. The number of benzene rings is 2. The lowest BCUT2D eigenvalue weighted by molar-refractivity contribution is 0.101. The number of aromatic amines is 1. The van der Waals surface area contributed by atoms with E-state index in [-0.39, 0.29) is 22.8 Å². The van der Waals surface area contributed by atoms with Crippen molar-refractivity contribution in [2.45, 2.75) is 49.1 Å². The summed E-state index contributed by atoms with van der Waals surface area (Å²) in [6.45, 7) is 2.35. The van der Waals surface area contributed by atoms with Crippen LogP contribution in [0.3, 0.4) is 0 Å². The van der Waals surface area contributed by atoms with Crippen LogP contribution in [0.25, 0.3) is 10.9 Å². The first kappa shape index (κ1) is 23.3. The molecule has 4 aromatic rings. The van der Waals surface area contributed by atoms with Crippen LogP contribution in [0.4, 0.5) is 17.6 Å². The number of para-hydroxylation sites is 1. The van der Waals surface area contributed by atoms with Crippen molar-refractivity contribution in [1.29, 1.82) is 0 Å². The van der Waals surface area contributed by atoms with E-state index in [1.807, 2.05) is 30.3 Å². The molecular formula is C27H27N7O3S. The van der Waals surface area contributed by atoms with Crippen molar-refractivity contribution in [3.05, 3.63) is 65.9 Å². The van der Waals surface area contributed by atoms with Crippen LogP contribution in [0.1, 0.15) is 48.2 Å². The Hall–Kier alpha value is -3.83. The van der Waals surface area contributed by atoms with E-state index in [1.165, 1.54) is 31.9 Å². The van der Waals surface area contributed by atoms with E-state index >= 15 is 0 Å². The summed E-state index contributed by atoms with van der Waals surface area (Å²) >= 11 is 0. The van der Waals surface area contributed by atoms with E-state index in [9.17, 15) is 13.2 Å². The molecule has 1 saturated carbocycles. The predicted octanol–water partition coefficient (Wildman–Crippen LogP) is 3.83. The molecule has 2 saturated heterocycles. The molecule has 2 atom stereocenters. The van der Waals surface area contributed by atoms with Crippen LogP contribution in [-0.2, 0) is 10.0 Å². The van der Waals surface area contributed by atoms with Gasteiger partial charge in [0.2, 0.25) is 16.0 Å². The molecule has 7 rings (SSSR count). The zero-order valence-corrected chi connectivity index (χ0v) is 21.6. The van der Waals surface area contributed by atoms with Gasteiger partial charge in [-0.05, 0) is 50.5 Å². The third-order valence-electron chi connectivity index (χ3n) is 7.77. The molecule has 38 heavy (non-hydrogen) atoms. The monoisotopic (exact) mass is 529 g/mol. The van der Waals surface area contributed by atoms with Gasteiger partial charge in [0.25, 0.3) is 0 Å². The summed E-state index contributed by atoms with van der Waals surface area (Å²) in [5, 5.41) is 11.8. The molecule has 2 aromatic heterocycles. The fraction of sp³-hybridized carbons (Fsp3) is 0.333. The minimum absolute atomic E-state index is 0.0212. The normalized spacial score (nSPS) is 21.3. The number of piperazine rings is 1. The molecule has 2 bridgehead atoms. The summed E-state index contributed by atoms with van der Waals surface area (Å²) in [7, 11) is -3.67. The number of Topliss-reactive ketones (excluding diaryl/α,β-unsaturated/α-hetero) is 1. The van der Waals surface area contributed by atoms with Crippen molar-refractivity contribution >= 4 is 44.3 Å². The predicted molar refractivity (Wildman–Crippen MR) is 143 cm³/mol. The second kappa shape index (κ2) is 8.60. The van der Waals surface area contributed by atoms with E-state index in [1.54, 1.807) is 16.4 Å². The van der Waals surface area contributed by atoms with E-state index in [0.29, 0.717) is 42.8 Å². The van der Waals surface area contributed by atoms with Gasteiger partial charge in [0.1, 0.15) is 5.82 Å². The Morgan fingerprint density at radius 1 is 1.03 bits per heavy atom. The van der Waals surface area contributed by atoms with Gasteiger partial charge in [-0.3, -0.25) is 9.89 Å². The summed E-state index contributed by atoms with van der Waals surface area (Å²) in [6.07, 6.45) is 3.10. The lowest BCUT2D eigenvalue weighted by atomic mass is 10.2. The highest BCUT2D eigenvalue weighted by Crippen LogP contribution is 2.40. The Kier molecular flexibility index (Phi) is 5.27. The zero-order chi connectivity index (χ0) is 26.0. The van der Waals surface area contributed by atoms with Crippen LogP contribution in [0.2, 0.25) is 0 Å². The molecule has 11 heteroatoms. The fourth-order valence-corrected chi connectivity index (χ4v) is 7.24. The Morgan fingerprint density at radius 3 is 2.53 bits per heavy atom. The third kappa shape index (κ3) is 3.93. The van der Waals surface area contributed by atoms with Gasteiger partial charge >= 0.3 is 0 Å². The number of carbonyl (C=O) groups excluding carboxylic acids is 1. The van der Waals surface area contributed by atoms with Gasteiger partial charge in [0.05, 0.1) is 10.4 Å². The summed E-state index contributed by atoms with van der Waals surface area (Å²) in [5.74, 6) is 2.46. The van der Waals surface area contributed by atoms with Crippen LogP contribution < -0.4 is 10.2 Å². The molecule has 4 heterocycles. The highest BCUT2D eigenvalue weighted by Gasteiger charge is 2.49. The number of hydrogen-bond donors (Lipinski definition) is 2. The molecule has 10 nitrogen and oxygen atoms in total. The number of H-pyrrole nitrogens is 1. The molecule has 2 aliphatic heterocycles. The number of nitrogens with zero attached hydrogens (tertiary/aromatic N) is 5. The maximum Gasteiger partial charge on any atom is 0.243 e. The van der Waals surface area contributed by atoms with Crippen molar-refractivity contribution < 1.29 is 13.2 Å². The lowest BCUT2D eigenvalue weighted by Crippen LogP contribution is -2.49. The Morgan fingerprint density at radius 2 is 1.82 bits per heavy atom. The quantitative estimate of drug-likeness (QED) is 0.346. The number of anilines is 3. The Bertz CT molecular complexity index is 1660. The average molecular weight is 530 g/mol. The molecule has 0 spiro atoms. The largest absolute Gasteiger partial charge is 0.335 e. The minimum Gasteiger partial charge on any atom is -0.335 e. The van der Waals surface area contributed by atoms with Crippen LogP contribution in [0, 0.1) is 0 Å². The minimum atomic E-state index is -3.67. The number of carbonyl (C=O) groups is 1. The number of aromatic nitrogens is 4. The van der Waals surface area contributed by atoms with Crippen molar-refractivity contribution in [3.8, 4) is 0 Å². The first-order valence-corrected chi connectivity index (χ1v) is 14.3. The van der Waals surface area contributed by atoms with Crippen LogP contribution in [0.15, 0.2) is 59.5 Å². The van der Waals surface area contributed by atoms with Gasteiger partial charge in [0, 0.05) is 53.8 Å². The molecule has 3 fully saturated rings. The summed E-state index contributed by atoms with van der Waals surface area (Å²) in [6, 6.07) is 15.9. The molecule has 1 aliphatic carbocycles. The third-order valence-corrected chi connectivity index (χ3v) is 9.70. The molecule has 2 N–H and O–H groups in total. The van der Waals surface area contributed by atoms with Gasteiger partial charge in [-0.25, -0.2) is 13.4 Å². The van der Waals surface area contributed by atoms with Crippen molar-refractivity contribution in [1.82, 2.24) is 24.5 Å². The molecular weight excluding hydrogens is 502 g/mol. The smallest absolute Gasteiger partial charge is 0.243 e. The van der Waals surface area contributed by atoms with Crippen LogP contribution in [0.5, 0.6) is 0 Å². The number of nitrogens with one attached hydrogen (secondary N) is 2. The molecule has 194 valence electrons. The molecule has 2 unspecified atom stereocenters. The van der Waals surface area contributed by atoms with Gasteiger partial charge in [-0.2, -0.15) is 14.4 Å². The summed E-state index contributed by atoms with van der Waals surface area (Å²) < 4.78 is 28.4. The van der Waals surface area contributed by atoms with E-state index < -0.39 is 10.0 Å². The van der Waals surface area contributed by atoms with Gasteiger partial charge in [-0.1, -0.05) is 24.3 Å². The topological polar surface area (TPSA) is 124 Å². The number of sulfonamides is 1. The second-order valence-corrected chi connectivity index (χ2v) is 12.2. The number of ketones is 1. The van der Waals surface area contributed by atoms with Gasteiger partial charge in [0.15, 0.2) is 11.6 Å². The van der Waals surface area contributed by atoms with Crippen molar-refractivity contribution in [2.75, 3.05) is 23.3 Å². The maximum absolute atomic E-state index is 13.4. The van der Waals surface area contributed by atoms with Crippen molar-refractivity contribution in [2.24, 2.45) is 0 Å². The highest BCUT2D eigenvalue weighted by atomic mass is 32.2. The van der Waals surface area contributed by atoms with E-state index in [0.717, 1.165) is 22.4 Å². The number of hydrogen-bond acceptors (Lipinski definition) is 8. The fourth-order valence-electron chi connectivity index (χ4n) is 5.58. The molecule has 0 radical (unpaired) electrons.